The minimum absolute atomic E-state index is 0.0193. The number of hydrogen-bond donors (Lipinski definition) is 2. The van der Waals surface area contributed by atoms with Gasteiger partial charge < -0.3 is 24.8 Å². The monoisotopic (exact) mass is 520 g/mol. The van der Waals surface area contributed by atoms with E-state index in [2.05, 4.69) is 9.88 Å². The number of aromatic hydroxyl groups is 1. The van der Waals surface area contributed by atoms with Gasteiger partial charge in [-0.25, -0.2) is 0 Å². The highest BCUT2D eigenvalue weighted by atomic mass is 35.5. The van der Waals surface area contributed by atoms with Crippen LogP contribution in [0.2, 0.25) is 5.02 Å². The van der Waals surface area contributed by atoms with E-state index < -0.39 is 11.6 Å². The van der Waals surface area contributed by atoms with Gasteiger partial charge in [0.15, 0.2) is 0 Å². The van der Waals surface area contributed by atoms with Crippen molar-refractivity contribution in [1.82, 2.24) is 19.7 Å². The molecule has 2 amide bonds. The lowest BCUT2D eigenvalue weighted by Gasteiger charge is -2.53. The molecule has 2 fully saturated rings. The number of likely N-dealkylation sites (tertiary alicyclic amines) is 1. The number of aromatic nitrogens is 1. The van der Waals surface area contributed by atoms with E-state index in [1.165, 1.54) is 25.7 Å². The van der Waals surface area contributed by atoms with Crippen molar-refractivity contribution in [3.63, 3.8) is 0 Å². The predicted molar refractivity (Wildman–Crippen MR) is 144 cm³/mol. The number of halogens is 1. The SMILES string of the molecule is C[C@@]12Cc3c([nH]c4ccc(Cl)cc34)[C@@H](c3cccc(O)c3)N1C(=O)CN(CCN1CCCCCC1)C2=O. The fourth-order valence-electron chi connectivity index (χ4n) is 6.57. The second-order valence-corrected chi connectivity index (χ2v) is 11.3. The summed E-state index contributed by atoms with van der Waals surface area (Å²) in [6.45, 7) is 5.42. The van der Waals surface area contributed by atoms with E-state index in [4.69, 9.17) is 11.6 Å². The maximum absolute atomic E-state index is 14.2. The zero-order valence-electron chi connectivity index (χ0n) is 21.2. The van der Waals surface area contributed by atoms with Crippen molar-refractivity contribution in [2.75, 3.05) is 32.7 Å². The topological polar surface area (TPSA) is 79.9 Å². The molecule has 0 aliphatic carbocycles. The zero-order valence-corrected chi connectivity index (χ0v) is 21.9. The van der Waals surface area contributed by atoms with E-state index in [1.54, 1.807) is 28.0 Å². The maximum atomic E-state index is 14.2. The van der Waals surface area contributed by atoms with Gasteiger partial charge in [0.25, 0.3) is 0 Å². The predicted octanol–water partition coefficient (Wildman–Crippen LogP) is 4.48. The van der Waals surface area contributed by atoms with Crippen LogP contribution in [0.15, 0.2) is 42.5 Å². The number of hydrogen-bond acceptors (Lipinski definition) is 4. The summed E-state index contributed by atoms with van der Waals surface area (Å²) in [6, 6.07) is 12.2. The Hall–Kier alpha value is -3.03. The van der Waals surface area contributed by atoms with Gasteiger partial charge in [-0.2, -0.15) is 0 Å². The van der Waals surface area contributed by atoms with Crippen molar-refractivity contribution in [3.05, 3.63) is 64.3 Å². The lowest BCUT2D eigenvalue weighted by Crippen LogP contribution is -2.70. The molecule has 1 aromatic heterocycles. The minimum Gasteiger partial charge on any atom is -0.508 e. The standard InChI is InChI=1S/C29H33ClN4O3/c1-29-17-23-22-16-20(30)9-10-24(22)31-26(23)27(19-7-6-8-21(35)15-19)34(29)25(36)18-33(28(29)37)14-13-32-11-4-2-3-5-12-32/h6-10,15-16,27,31,35H,2-5,11-14,17-18H2,1H3/t27-,29+/m1/s1. The number of benzene rings is 2. The third kappa shape index (κ3) is 4.18. The first-order chi connectivity index (χ1) is 17.8. The van der Waals surface area contributed by atoms with Crippen LogP contribution in [-0.4, -0.2) is 74.9 Å². The number of nitrogens with zero attached hydrogens (tertiary/aromatic N) is 3. The van der Waals surface area contributed by atoms with Gasteiger partial charge in [0.2, 0.25) is 11.8 Å². The molecule has 37 heavy (non-hydrogen) atoms. The highest BCUT2D eigenvalue weighted by Crippen LogP contribution is 2.47. The molecule has 8 heteroatoms. The van der Waals surface area contributed by atoms with E-state index in [0.29, 0.717) is 18.0 Å². The summed E-state index contributed by atoms with van der Waals surface area (Å²) in [5, 5.41) is 11.9. The molecular weight excluding hydrogens is 488 g/mol. The lowest BCUT2D eigenvalue weighted by molar-refractivity contribution is -0.167. The van der Waals surface area contributed by atoms with Crippen molar-refractivity contribution in [3.8, 4) is 5.75 Å². The van der Waals surface area contributed by atoms with E-state index in [9.17, 15) is 14.7 Å². The number of carbonyl (C=O) groups is 2. The molecular formula is C29H33ClN4O3. The zero-order chi connectivity index (χ0) is 25.7. The number of rotatable bonds is 4. The van der Waals surface area contributed by atoms with Crippen LogP contribution in [-0.2, 0) is 16.0 Å². The van der Waals surface area contributed by atoms with Crippen LogP contribution in [0.3, 0.4) is 0 Å². The molecule has 0 spiro atoms. The Kier molecular flexibility index (Phi) is 6.16. The molecule has 0 radical (unpaired) electrons. The van der Waals surface area contributed by atoms with Gasteiger partial charge in [0.1, 0.15) is 11.3 Å². The molecule has 2 aromatic carbocycles. The Morgan fingerprint density at radius 3 is 2.59 bits per heavy atom. The van der Waals surface area contributed by atoms with Gasteiger partial charge >= 0.3 is 0 Å². The van der Waals surface area contributed by atoms with Crippen LogP contribution in [0.1, 0.15) is 55.5 Å². The Bertz CT molecular complexity index is 1360. The summed E-state index contributed by atoms with van der Waals surface area (Å²) in [7, 11) is 0. The number of nitrogens with one attached hydrogen (secondary N) is 1. The molecule has 2 atom stereocenters. The quantitative estimate of drug-likeness (QED) is 0.531. The summed E-state index contributed by atoms with van der Waals surface area (Å²) in [6.07, 6.45) is 5.31. The number of amides is 2. The third-order valence-electron chi connectivity index (χ3n) is 8.40. The van der Waals surface area contributed by atoms with E-state index in [1.807, 2.05) is 31.2 Å². The molecule has 0 bridgehead atoms. The summed E-state index contributed by atoms with van der Waals surface area (Å²) in [5.41, 5.74) is 2.51. The smallest absolute Gasteiger partial charge is 0.249 e. The van der Waals surface area contributed by atoms with Crippen LogP contribution < -0.4 is 0 Å². The molecule has 194 valence electrons. The normalized spacial score (nSPS) is 24.8. The minimum atomic E-state index is -1.05. The number of H-pyrrole nitrogens is 1. The fraction of sp³-hybridized carbons (Fsp3) is 0.448. The number of aromatic amines is 1. The van der Waals surface area contributed by atoms with Crippen molar-refractivity contribution in [2.45, 2.75) is 50.6 Å². The van der Waals surface area contributed by atoms with Crippen molar-refractivity contribution < 1.29 is 14.7 Å². The Morgan fingerprint density at radius 1 is 1.05 bits per heavy atom. The van der Waals surface area contributed by atoms with Gasteiger partial charge in [-0.05, 0) is 74.3 Å². The van der Waals surface area contributed by atoms with Gasteiger partial charge in [-0.15, -0.1) is 0 Å². The molecule has 3 aliphatic heterocycles. The van der Waals surface area contributed by atoms with Crippen LogP contribution in [0.5, 0.6) is 5.75 Å². The van der Waals surface area contributed by atoms with Crippen LogP contribution in [0, 0.1) is 0 Å². The molecule has 6 rings (SSSR count). The van der Waals surface area contributed by atoms with E-state index >= 15 is 0 Å². The van der Waals surface area contributed by atoms with Gasteiger partial charge in [-0.1, -0.05) is 36.6 Å². The number of fused-ring (bicyclic) bond motifs is 4. The second kappa shape index (κ2) is 9.37. The summed E-state index contributed by atoms with van der Waals surface area (Å²) >= 11 is 6.37. The maximum Gasteiger partial charge on any atom is 0.249 e. The first-order valence-electron chi connectivity index (χ1n) is 13.3. The Balaban J connectivity index is 1.41. The molecule has 2 saturated heterocycles. The van der Waals surface area contributed by atoms with Gasteiger partial charge in [0.05, 0.1) is 12.6 Å². The number of piperazine rings is 1. The molecule has 7 nitrogen and oxygen atoms in total. The first-order valence-corrected chi connectivity index (χ1v) is 13.7. The Morgan fingerprint density at radius 2 is 1.84 bits per heavy atom. The summed E-state index contributed by atoms with van der Waals surface area (Å²) < 4.78 is 0. The molecule has 0 saturated carbocycles. The average molecular weight is 521 g/mol. The van der Waals surface area contributed by atoms with Crippen LogP contribution in [0.25, 0.3) is 10.9 Å². The average Bonchev–Trinajstić information content (AvgIpc) is 3.03. The number of phenols is 1. The number of phenolic OH excluding ortho intramolecular Hbond substituents is 1. The summed E-state index contributed by atoms with van der Waals surface area (Å²) in [5.74, 6) is 0.0306. The largest absolute Gasteiger partial charge is 0.508 e. The van der Waals surface area contributed by atoms with Crippen molar-refractivity contribution in [2.24, 2.45) is 0 Å². The van der Waals surface area contributed by atoms with Gasteiger partial charge in [-0.3, -0.25) is 9.59 Å². The molecule has 3 aliphatic rings. The van der Waals surface area contributed by atoms with Crippen LogP contribution in [0.4, 0.5) is 0 Å². The van der Waals surface area contributed by atoms with E-state index in [0.717, 1.165) is 47.4 Å². The third-order valence-corrected chi connectivity index (χ3v) is 8.63. The summed E-state index contributed by atoms with van der Waals surface area (Å²) in [4.78, 5) is 37.5. The first kappa shape index (κ1) is 24.3. The van der Waals surface area contributed by atoms with Crippen LogP contribution >= 0.6 is 11.6 Å². The van der Waals surface area contributed by atoms with Crippen molar-refractivity contribution in [1.29, 1.82) is 0 Å². The molecule has 2 N–H and O–H groups in total. The Labute approximate surface area is 222 Å². The van der Waals surface area contributed by atoms with Gasteiger partial charge in [0, 0.05) is 41.1 Å². The number of carbonyl (C=O) groups excluding carboxylic acids is 2. The van der Waals surface area contributed by atoms with Crippen molar-refractivity contribution >= 4 is 34.3 Å². The second-order valence-electron chi connectivity index (χ2n) is 10.9. The highest BCUT2D eigenvalue weighted by molar-refractivity contribution is 6.31. The van der Waals surface area contributed by atoms with E-state index in [-0.39, 0.29) is 24.1 Å². The molecule has 0 unspecified atom stereocenters. The highest BCUT2D eigenvalue weighted by Gasteiger charge is 2.56. The molecule has 3 aromatic rings. The lowest BCUT2D eigenvalue weighted by atomic mass is 9.78. The fourth-order valence-corrected chi connectivity index (χ4v) is 6.74. The molecule has 4 heterocycles.